The molecule has 0 spiro atoms. The Balaban J connectivity index is 1.98. The Morgan fingerprint density at radius 3 is 2.58 bits per heavy atom. The average Bonchev–Trinajstić information content (AvgIpc) is 3.01. The van der Waals surface area contributed by atoms with Gasteiger partial charge in [-0.25, -0.2) is 0 Å². The Labute approximate surface area is 140 Å². The van der Waals surface area contributed by atoms with Gasteiger partial charge in [-0.1, -0.05) is 19.1 Å². The number of aryl methyl sites for hydroxylation is 3. The Kier molecular flexibility index (Phi) is 4.28. The van der Waals surface area contributed by atoms with E-state index in [4.69, 9.17) is 4.18 Å². The Hall–Kier alpha value is -2.41. The van der Waals surface area contributed by atoms with Gasteiger partial charge in [0.25, 0.3) is 5.69 Å². The molecule has 1 aliphatic carbocycles. The van der Waals surface area contributed by atoms with Crippen LogP contribution in [0, 0.1) is 10.1 Å². The number of hydrogen-bond donors (Lipinski definition) is 0. The highest BCUT2D eigenvalue weighted by atomic mass is 32.2. The lowest BCUT2D eigenvalue weighted by Crippen LogP contribution is -2.12. The lowest BCUT2D eigenvalue weighted by Gasteiger charge is -2.11. The molecule has 7 heteroatoms. The van der Waals surface area contributed by atoms with Crippen molar-refractivity contribution in [1.82, 2.24) is 0 Å². The van der Waals surface area contributed by atoms with Crippen LogP contribution in [-0.4, -0.2) is 13.3 Å². The lowest BCUT2D eigenvalue weighted by molar-refractivity contribution is -0.385. The van der Waals surface area contributed by atoms with Crippen LogP contribution < -0.4 is 4.18 Å². The molecule has 0 amide bonds. The second-order valence-electron chi connectivity index (χ2n) is 5.72. The molecule has 126 valence electrons. The summed E-state index contributed by atoms with van der Waals surface area (Å²) < 4.78 is 30.5. The topological polar surface area (TPSA) is 86.5 Å². The Bertz CT molecular complexity index is 905. The van der Waals surface area contributed by atoms with Crippen LogP contribution in [0.25, 0.3) is 0 Å². The third kappa shape index (κ3) is 3.12. The molecule has 0 aliphatic heterocycles. The predicted molar refractivity (Wildman–Crippen MR) is 88.8 cm³/mol. The van der Waals surface area contributed by atoms with Crippen LogP contribution >= 0.6 is 0 Å². The number of hydrogen-bond acceptors (Lipinski definition) is 5. The van der Waals surface area contributed by atoms with E-state index in [1.165, 1.54) is 17.7 Å². The minimum Gasteiger partial charge on any atom is -0.379 e. The fraction of sp³-hybridized carbons (Fsp3) is 0.294. The maximum absolute atomic E-state index is 12.6. The van der Waals surface area contributed by atoms with Gasteiger partial charge in [0.1, 0.15) is 10.6 Å². The molecule has 0 radical (unpaired) electrons. The number of nitro benzene ring substituents is 1. The third-order valence-corrected chi connectivity index (χ3v) is 5.52. The second-order valence-corrected chi connectivity index (χ2v) is 7.24. The maximum atomic E-state index is 12.6. The normalized spacial score (nSPS) is 13.5. The van der Waals surface area contributed by atoms with Crippen LogP contribution in [0.5, 0.6) is 5.75 Å². The van der Waals surface area contributed by atoms with Gasteiger partial charge in [-0.3, -0.25) is 10.1 Å². The molecule has 0 saturated carbocycles. The van der Waals surface area contributed by atoms with Crippen molar-refractivity contribution < 1.29 is 17.5 Å². The van der Waals surface area contributed by atoms with Gasteiger partial charge in [0.05, 0.1) is 4.92 Å². The molecule has 0 fully saturated rings. The SMILES string of the molecule is CCc1ccc([N+](=O)[O-])cc1S(=O)(=O)Oc1ccc2c(c1)CCC2. The highest BCUT2D eigenvalue weighted by Gasteiger charge is 2.24. The average molecular weight is 347 g/mol. The smallest absolute Gasteiger partial charge is 0.339 e. The summed E-state index contributed by atoms with van der Waals surface area (Å²) in [6.45, 7) is 1.79. The van der Waals surface area contributed by atoms with Gasteiger partial charge < -0.3 is 4.18 Å². The summed E-state index contributed by atoms with van der Waals surface area (Å²) in [6.07, 6.45) is 3.38. The molecule has 2 aromatic rings. The standard InChI is InChI=1S/C17H17NO5S/c1-2-12-6-8-15(18(19)20)11-17(12)24(21,22)23-16-9-7-13-4-3-5-14(13)10-16/h6-11H,2-5H2,1H3. The number of fused-ring (bicyclic) bond motifs is 1. The zero-order valence-corrected chi connectivity index (χ0v) is 14.0. The number of nitro groups is 1. The lowest BCUT2D eigenvalue weighted by atomic mass is 10.1. The first-order valence-corrected chi connectivity index (χ1v) is 9.15. The van der Waals surface area contributed by atoms with Crippen molar-refractivity contribution in [3.63, 3.8) is 0 Å². The molecule has 2 aromatic carbocycles. The van der Waals surface area contributed by atoms with Gasteiger partial charge in [-0.2, -0.15) is 8.42 Å². The van der Waals surface area contributed by atoms with Crippen LogP contribution in [0.1, 0.15) is 30.0 Å². The van der Waals surface area contributed by atoms with E-state index in [0.717, 1.165) is 30.9 Å². The summed E-state index contributed by atoms with van der Waals surface area (Å²) in [7, 11) is -4.13. The van der Waals surface area contributed by atoms with Crippen molar-refractivity contribution in [2.24, 2.45) is 0 Å². The highest BCUT2D eigenvalue weighted by Crippen LogP contribution is 2.29. The minimum atomic E-state index is -4.13. The van der Waals surface area contributed by atoms with E-state index in [-0.39, 0.29) is 16.3 Å². The maximum Gasteiger partial charge on any atom is 0.339 e. The molecule has 0 aromatic heterocycles. The summed E-state index contributed by atoms with van der Waals surface area (Å²) in [6, 6.07) is 9.06. The van der Waals surface area contributed by atoms with Crippen LogP contribution in [0.15, 0.2) is 41.3 Å². The van der Waals surface area contributed by atoms with E-state index in [2.05, 4.69) is 0 Å². The first-order chi connectivity index (χ1) is 11.4. The molecule has 0 heterocycles. The highest BCUT2D eigenvalue weighted by molar-refractivity contribution is 7.87. The monoisotopic (exact) mass is 347 g/mol. The second kappa shape index (κ2) is 6.24. The minimum absolute atomic E-state index is 0.153. The molecule has 0 N–H and O–H groups in total. The molecule has 6 nitrogen and oxygen atoms in total. The van der Waals surface area contributed by atoms with E-state index >= 15 is 0 Å². The van der Waals surface area contributed by atoms with Crippen molar-refractivity contribution in [2.75, 3.05) is 0 Å². The molecular formula is C17H17NO5S. The van der Waals surface area contributed by atoms with Crippen molar-refractivity contribution in [3.8, 4) is 5.75 Å². The summed E-state index contributed by atoms with van der Waals surface area (Å²) >= 11 is 0. The van der Waals surface area contributed by atoms with Crippen molar-refractivity contribution >= 4 is 15.8 Å². The van der Waals surface area contributed by atoms with Gasteiger partial charge in [0, 0.05) is 12.1 Å². The van der Waals surface area contributed by atoms with Gasteiger partial charge in [-0.15, -0.1) is 0 Å². The zero-order valence-electron chi connectivity index (χ0n) is 13.2. The fourth-order valence-electron chi connectivity index (χ4n) is 2.95. The van der Waals surface area contributed by atoms with E-state index in [9.17, 15) is 18.5 Å². The molecule has 24 heavy (non-hydrogen) atoms. The van der Waals surface area contributed by atoms with Gasteiger partial charge >= 0.3 is 10.1 Å². The summed E-state index contributed by atoms with van der Waals surface area (Å²) in [5, 5.41) is 10.9. The number of nitrogens with zero attached hydrogens (tertiary/aromatic N) is 1. The first kappa shape index (κ1) is 16.4. The summed E-state index contributed by atoms with van der Waals surface area (Å²) in [4.78, 5) is 10.2. The molecule has 0 atom stereocenters. The summed E-state index contributed by atoms with van der Waals surface area (Å²) in [5.41, 5.74) is 2.52. The number of non-ortho nitro benzene ring substituents is 1. The van der Waals surface area contributed by atoms with Crippen molar-refractivity contribution in [1.29, 1.82) is 0 Å². The molecule has 1 aliphatic rings. The number of rotatable bonds is 5. The predicted octanol–water partition coefficient (Wildman–Crippen LogP) is 3.41. The van der Waals surface area contributed by atoms with E-state index in [0.29, 0.717) is 12.0 Å². The van der Waals surface area contributed by atoms with Crippen LogP contribution in [0.2, 0.25) is 0 Å². The Morgan fingerprint density at radius 2 is 1.88 bits per heavy atom. The van der Waals surface area contributed by atoms with E-state index in [1.54, 1.807) is 19.1 Å². The van der Waals surface area contributed by atoms with Crippen LogP contribution in [0.4, 0.5) is 5.69 Å². The molecule has 0 saturated heterocycles. The first-order valence-electron chi connectivity index (χ1n) is 7.74. The van der Waals surface area contributed by atoms with Gasteiger partial charge in [0.15, 0.2) is 0 Å². The van der Waals surface area contributed by atoms with E-state index < -0.39 is 15.0 Å². The van der Waals surface area contributed by atoms with Gasteiger partial charge in [0.2, 0.25) is 0 Å². The third-order valence-electron chi connectivity index (χ3n) is 4.19. The van der Waals surface area contributed by atoms with Crippen LogP contribution in [-0.2, 0) is 29.4 Å². The number of benzene rings is 2. The van der Waals surface area contributed by atoms with Gasteiger partial charge in [-0.05, 0) is 54.5 Å². The zero-order chi connectivity index (χ0) is 17.3. The molecule has 3 rings (SSSR count). The fourth-order valence-corrected chi connectivity index (χ4v) is 4.20. The Morgan fingerprint density at radius 1 is 1.12 bits per heavy atom. The quantitative estimate of drug-likeness (QED) is 0.470. The van der Waals surface area contributed by atoms with Crippen molar-refractivity contribution in [2.45, 2.75) is 37.5 Å². The van der Waals surface area contributed by atoms with Crippen molar-refractivity contribution in [3.05, 3.63) is 63.2 Å². The molecular weight excluding hydrogens is 330 g/mol. The largest absolute Gasteiger partial charge is 0.379 e. The molecule has 0 bridgehead atoms. The summed E-state index contributed by atoms with van der Waals surface area (Å²) in [5.74, 6) is 0.240. The van der Waals surface area contributed by atoms with Crippen LogP contribution in [0.3, 0.4) is 0 Å². The molecule has 0 unspecified atom stereocenters. The van der Waals surface area contributed by atoms with E-state index in [1.807, 2.05) is 6.07 Å².